The predicted molar refractivity (Wildman–Crippen MR) is 109 cm³/mol. The number of cyclic esters (lactones) is 1. The summed E-state index contributed by atoms with van der Waals surface area (Å²) in [7, 11) is 1.64. The summed E-state index contributed by atoms with van der Waals surface area (Å²) >= 11 is 3.45. The molecule has 0 saturated carbocycles. The fraction of sp³-hybridized carbons (Fsp3) is 0.409. The van der Waals surface area contributed by atoms with Crippen LogP contribution in [0.15, 0.2) is 59.1 Å². The van der Waals surface area contributed by atoms with Crippen LogP contribution in [-0.2, 0) is 19.8 Å². The minimum absolute atomic E-state index is 0.0667. The smallest absolute Gasteiger partial charge is 0.411 e. The van der Waals surface area contributed by atoms with Crippen molar-refractivity contribution in [2.75, 3.05) is 20.3 Å². The van der Waals surface area contributed by atoms with Crippen molar-refractivity contribution in [1.29, 1.82) is 0 Å². The summed E-state index contributed by atoms with van der Waals surface area (Å²) in [5.74, 6) is -0.657. The van der Waals surface area contributed by atoms with Crippen molar-refractivity contribution in [3.8, 4) is 0 Å². The Hall–Kier alpha value is -1.89. The fourth-order valence-corrected chi connectivity index (χ4v) is 4.19. The largest absolute Gasteiger partial charge is 0.438 e. The van der Waals surface area contributed by atoms with E-state index in [0.717, 1.165) is 15.6 Å². The van der Waals surface area contributed by atoms with E-state index in [2.05, 4.69) is 15.9 Å². The highest BCUT2D eigenvalue weighted by atomic mass is 79.9. The van der Waals surface area contributed by atoms with Gasteiger partial charge in [-0.2, -0.15) is 0 Å². The molecule has 28 heavy (non-hydrogen) atoms. The lowest BCUT2D eigenvalue weighted by atomic mass is 9.83. The normalized spacial score (nSPS) is 28.0. The number of nitrogens with zero attached hydrogens (tertiary/aromatic N) is 1. The average molecular weight is 446 g/mol. The number of carbonyl (C=O) groups excluding carboxylic acids is 1. The standard InChI is InChI=1S/C22H24BrNO4/c1-16(17-8-10-19(23)11-9-17)24-13-12-21(28-20(24)25,14-22(26-2)15-27-22)18-6-4-3-5-7-18/h3-11,16H,12-15H2,1-2H3/t16-,21-,22?/m0/s1. The van der Waals surface area contributed by atoms with Crippen LogP contribution in [0.3, 0.4) is 0 Å². The highest BCUT2D eigenvalue weighted by molar-refractivity contribution is 9.10. The third-order valence-corrected chi connectivity index (χ3v) is 6.32. The number of ether oxygens (including phenoxy) is 3. The fourth-order valence-electron chi connectivity index (χ4n) is 3.92. The van der Waals surface area contributed by atoms with Crippen LogP contribution in [0, 0.1) is 0 Å². The molecule has 5 nitrogen and oxygen atoms in total. The van der Waals surface area contributed by atoms with Crippen LogP contribution < -0.4 is 0 Å². The van der Waals surface area contributed by atoms with E-state index in [9.17, 15) is 4.79 Å². The summed E-state index contributed by atoms with van der Waals surface area (Å²) in [5, 5.41) is 0. The number of rotatable bonds is 6. The SMILES string of the molecule is COC1(C[C@]2(c3ccccc3)CCN([C@@H](C)c3ccc(Br)cc3)C(=O)O2)CO1. The van der Waals surface area contributed by atoms with Crippen molar-refractivity contribution in [1.82, 2.24) is 4.90 Å². The first kappa shape index (κ1) is 19.4. The van der Waals surface area contributed by atoms with Crippen LogP contribution in [0.4, 0.5) is 4.79 Å². The molecule has 0 radical (unpaired) electrons. The van der Waals surface area contributed by atoms with Crippen molar-refractivity contribution in [2.24, 2.45) is 0 Å². The monoisotopic (exact) mass is 445 g/mol. The lowest BCUT2D eigenvalue weighted by Crippen LogP contribution is -2.50. The lowest BCUT2D eigenvalue weighted by molar-refractivity contribution is -0.119. The van der Waals surface area contributed by atoms with E-state index in [1.54, 1.807) is 12.0 Å². The molecular formula is C22H24BrNO4. The highest BCUT2D eigenvalue weighted by Crippen LogP contribution is 2.47. The molecule has 2 heterocycles. The van der Waals surface area contributed by atoms with Gasteiger partial charge in [0.25, 0.3) is 0 Å². The second-order valence-corrected chi connectivity index (χ2v) is 8.40. The molecule has 3 atom stereocenters. The zero-order chi connectivity index (χ0) is 19.8. The molecule has 2 aromatic carbocycles. The maximum Gasteiger partial charge on any atom is 0.411 e. The molecular weight excluding hydrogens is 422 g/mol. The molecule has 0 spiro atoms. The molecule has 0 N–H and O–H groups in total. The van der Waals surface area contributed by atoms with E-state index >= 15 is 0 Å². The van der Waals surface area contributed by atoms with Crippen molar-refractivity contribution in [2.45, 2.75) is 37.2 Å². The van der Waals surface area contributed by atoms with Gasteiger partial charge in [-0.1, -0.05) is 58.4 Å². The molecule has 4 rings (SSSR count). The van der Waals surface area contributed by atoms with Crippen molar-refractivity contribution in [3.63, 3.8) is 0 Å². The number of benzene rings is 2. The first-order valence-electron chi connectivity index (χ1n) is 9.47. The maximum atomic E-state index is 13.1. The van der Waals surface area contributed by atoms with Gasteiger partial charge in [0.05, 0.1) is 6.04 Å². The van der Waals surface area contributed by atoms with Gasteiger partial charge in [-0.05, 0) is 30.2 Å². The van der Waals surface area contributed by atoms with E-state index in [1.165, 1.54) is 0 Å². The molecule has 2 fully saturated rings. The summed E-state index contributed by atoms with van der Waals surface area (Å²) in [6, 6.07) is 17.9. The van der Waals surface area contributed by atoms with Gasteiger partial charge in [0.15, 0.2) is 5.79 Å². The number of carbonyl (C=O) groups is 1. The molecule has 1 unspecified atom stereocenters. The summed E-state index contributed by atoms with van der Waals surface area (Å²) in [6.45, 7) is 3.15. The Morgan fingerprint density at radius 2 is 1.86 bits per heavy atom. The lowest BCUT2D eigenvalue weighted by Gasteiger charge is -2.44. The summed E-state index contributed by atoms with van der Waals surface area (Å²) < 4.78 is 18.3. The Balaban J connectivity index is 1.58. The molecule has 1 amide bonds. The van der Waals surface area contributed by atoms with Gasteiger partial charge in [0.2, 0.25) is 0 Å². The predicted octanol–water partition coefficient (Wildman–Crippen LogP) is 5.01. The van der Waals surface area contributed by atoms with Crippen LogP contribution in [0.25, 0.3) is 0 Å². The topological polar surface area (TPSA) is 51.3 Å². The Bertz CT molecular complexity index is 837. The van der Waals surface area contributed by atoms with Crippen LogP contribution >= 0.6 is 15.9 Å². The number of epoxide rings is 1. The van der Waals surface area contributed by atoms with Crippen LogP contribution in [0.5, 0.6) is 0 Å². The van der Waals surface area contributed by atoms with Crippen LogP contribution in [-0.4, -0.2) is 37.0 Å². The second kappa shape index (κ2) is 7.50. The Morgan fingerprint density at radius 3 is 2.43 bits per heavy atom. The molecule has 0 aromatic heterocycles. The molecule has 2 aliphatic heterocycles. The quantitative estimate of drug-likeness (QED) is 0.586. The number of methoxy groups -OCH3 is 1. The van der Waals surface area contributed by atoms with Crippen LogP contribution in [0.2, 0.25) is 0 Å². The third kappa shape index (κ3) is 3.69. The van der Waals surface area contributed by atoms with Crippen molar-refractivity contribution in [3.05, 3.63) is 70.2 Å². The Kier molecular flexibility index (Phi) is 5.21. The van der Waals surface area contributed by atoms with E-state index in [-0.39, 0.29) is 12.1 Å². The molecule has 2 aromatic rings. The Labute approximate surface area is 173 Å². The summed E-state index contributed by atoms with van der Waals surface area (Å²) in [4.78, 5) is 14.9. The van der Waals surface area contributed by atoms with Gasteiger partial charge in [-0.3, -0.25) is 0 Å². The van der Waals surface area contributed by atoms with Crippen molar-refractivity contribution < 1.29 is 19.0 Å². The van der Waals surface area contributed by atoms with E-state index < -0.39 is 11.4 Å². The first-order valence-corrected chi connectivity index (χ1v) is 10.3. The van der Waals surface area contributed by atoms with Gasteiger partial charge in [0.1, 0.15) is 12.2 Å². The van der Waals surface area contributed by atoms with E-state index in [1.807, 2.05) is 61.5 Å². The zero-order valence-corrected chi connectivity index (χ0v) is 17.6. The van der Waals surface area contributed by atoms with Gasteiger partial charge >= 0.3 is 6.09 Å². The van der Waals surface area contributed by atoms with Gasteiger partial charge < -0.3 is 19.1 Å². The third-order valence-electron chi connectivity index (χ3n) is 5.79. The number of halogens is 1. The van der Waals surface area contributed by atoms with Crippen molar-refractivity contribution >= 4 is 22.0 Å². The van der Waals surface area contributed by atoms with E-state index in [4.69, 9.17) is 14.2 Å². The average Bonchev–Trinajstić information content (AvgIpc) is 3.49. The molecule has 148 valence electrons. The molecule has 0 bridgehead atoms. The number of hydrogen-bond donors (Lipinski definition) is 0. The van der Waals surface area contributed by atoms with Gasteiger partial charge in [0, 0.05) is 31.0 Å². The van der Waals surface area contributed by atoms with Crippen LogP contribution in [0.1, 0.15) is 36.9 Å². The van der Waals surface area contributed by atoms with Gasteiger partial charge in [-0.25, -0.2) is 4.79 Å². The maximum absolute atomic E-state index is 13.1. The molecule has 0 aliphatic carbocycles. The molecule has 2 aliphatic rings. The Morgan fingerprint density at radius 1 is 1.18 bits per heavy atom. The van der Waals surface area contributed by atoms with E-state index in [0.29, 0.717) is 26.0 Å². The zero-order valence-electron chi connectivity index (χ0n) is 16.1. The summed E-state index contributed by atoms with van der Waals surface area (Å²) in [6.07, 6.45) is 0.864. The summed E-state index contributed by atoms with van der Waals surface area (Å²) in [5.41, 5.74) is 1.30. The van der Waals surface area contributed by atoms with Gasteiger partial charge in [-0.15, -0.1) is 0 Å². The molecule has 2 saturated heterocycles. The second-order valence-electron chi connectivity index (χ2n) is 7.48. The first-order chi connectivity index (χ1) is 13.5. The molecule has 6 heteroatoms. The minimum atomic E-state index is -0.749. The number of hydrogen-bond acceptors (Lipinski definition) is 4. The number of amides is 1. The highest BCUT2D eigenvalue weighted by Gasteiger charge is 2.56. The minimum Gasteiger partial charge on any atom is -0.438 e.